The van der Waals surface area contributed by atoms with Gasteiger partial charge in [0.2, 0.25) is 0 Å². The number of alkyl halides is 3. The van der Waals surface area contributed by atoms with Crippen LogP contribution in [0.1, 0.15) is 24.8 Å². The number of anilines is 2. The van der Waals surface area contributed by atoms with Gasteiger partial charge >= 0.3 is 6.18 Å². The molecule has 7 heteroatoms. The molecule has 1 atom stereocenters. The summed E-state index contributed by atoms with van der Waals surface area (Å²) in [4.78, 5) is 5.82. The molecule has 0 spiro atoms. The molecule has 1 fully saturated rings. The van der Waals surface area contributed by atoms with Crippen molar-refractivity contribution in [3.63, 3.8) is 0 Å². The molecule has 0 aliphatic carbocycles. The Balaban J connectivity index is 2.21. The number of piperidine rings is 1. The van der Waals surface area contributed by atoms with E-state index in [2.05, 4.69) is 4.98 Å². The summed E-state index contributed by atoms with van der Waals surface area (Å²) in [7, 11) is 0. The first-order valence-electron chi connectivity index (χ1n) is 6.60. The van der Waals surface area contributed by atoms with Crippen molar-refractivity contribution in [2.24, 2.45) is 5.92 Å². The number of rotatable bonds is 3. The number of hydrogen-bond acceptors (Lipinski definition) is 4. The molecule has 1 aromatic heterocycles. The van der Waals surface area contributed by atoms with Crippen LogP contribution in [-0.4, -0.2) is 29.8 Å². The van der Waals surface area contributed by atoms with Crippen molar-refractivity contribution >= 4 is 11.6 Å². The Morgan fingerprint density at radius 2 is 2.15 bits per heavy atom. The van der Waals surface area contributed by atoms with E-state index in [1.165, 1.54) is 0 Å². The maximum Gasteiger partial charge on any atom is 0.416 e. The van der Waals surface area contributed by atoms with Crippen LogP contribution in [0.5, 0.6) is 0 Å². The van der Waals surface area contributed by atoms with Crippen LogP contribution in [0.4, 0.5) is 24.8 Å². The zero-order valence-electron chi connectivity index (χ0n) is 11.0. The second-order valence-corrected chi connectivity index (χ2v) is 5.10. The fraction of sp³-hybridized carbons (Fsp3) is 0.615. The van der Waals surface area contributed by atoms with E-state index < -0.39 is 11.7 Å². The number of halogens is 3. The van der Waals surface area contributed by atoms with Crippen LogP contribution >= 0.6 is 0 Å². The second-order valence-electron chi connectivity index (χ2n) is 5.10. The third-order valence-corrected chi connectivity index (χ3v) is 3.54. The normalized spacial score (nSPS) is 20.2. The molecule has 0 saturated carbocycles. The Bertz CT molecular complexity index is 463. The number of pyridine rings is 1. The van der Waals surface area contributed by atoms with Gasteiger partial charge in [-0.25, -0.2) is 4.98 Å². The molecule has 4 nitrogen and oxygen atoms in total. The molecule has 0 radical (unpaired) electrons. The Morgan fingerprint density at radius 3 is 2.80 bits per heavy atom. The average molecular weight is 289 g/mol. The Labute approximate surface area is 115 Å². The highest BCUT2D eigenvalue weighted by Gasteiger charge is 2.32. The standard InChI is InChI=1S/C13H18F3N3O/c14-13(15,16)10-6-11(17)18-12(7-10)19-4-1-2-9(8-19)3-5-20/h6-7,9,20H,1-5,8H2,(H2,17,18). The minimum absolute atomic E-state index is 0.0939. The number of aliphatic hydroxyl groups is 1. The first kappa shape index (κ1) is 14.9. The van der Waals surface area contributed by atoms with Crippen molar-refractivity contribution in [1.29, 1.82) is 0 Å². The molecule has 1 saturated heterocycles. The molecule has 1 unspecified atom stereocenters. The topological polar surface area (TPSA) is 62.4 Å². The predicted molar refractivity (Wildman–Crippen MR) is 70.3 cm³/mol. The first-order chi connectivity index (χ1) is 9.40. The molecule has 2 heterocycles. The monoisotopic (exact) mass is 289 g/mol. The molecule has 3 N–H and O–H groups in total. The SMILES string of the molecule is Nc1cc(C(F)(F)F)cc(N2CCCC(CCO)C2)n1. The highest BCUT2D eigenvalue weighted by molar-refractivity contribution is 5.49. The second kappa shape index (κ2) is 5.87. The summed E-state index contributed by atoms with van der Waals surface area (Å²) in [5.74, 6) is 0.422. The highest BCUT2D eigenvalue weighted by Crippen LogP contribution is 2.33. The number of nitrogen functional groups attached to an aromatic ring is 1. The summed E-state index contributed by atoms with van der Waals surface area (Å²) in [5, 5.41) is 8.97. The molecular weight excluding hydrogens is 271 g/mol. The van der Waals surface area contributed by atoms with Crippen LogP contribution in [0.2, 0.25) is 0 Å². The number of nitrogens with two attached hydrogens (primary N) is 1. The quantitative estimate of drug-likeness (QED) is 0.896. The van der Waals surface area contributed by atoms with Crippen molar-refractivity contribution in [1.82, 2.24) is 4.98 Å². The number of aromatic nitrogens is 1. The number of nitrogens with zero attached hydrogens (tertiary/aromatic N) is 2. The van der Waals surface area contributed by atoms with E-state index >= 15 is 0 Å². The Morgan fingerprint density at radius 1 is 1.40 bits per heavy atom. The maximum atomic E-state index is 12.8. The highest BCUT2D eigenvalue weighted by atomic mass is 19.4. The Kier molecular flexibility index (Phi) is 4.37. The molecule has 0 amide bonds. The van der Waals surface area contributed by atoms with Crippen molar-refractivity contribution in [3.05, 3.63) is 17.7 Å². The number of aliphatic hydroxyl groups excluding tert-OH is 1. The summed E-state index contributed by atoms with van der Waals surface area (Å²) in [6, 6.07) is 1.89. The molecule has 112 valence electrons. The molecule has 2 rings (SSSR count). The minimum atomic E-state index is -4.42. The van der Waals surface area contributed by atoms with E-state index in [9.17, 15) is 13.2 Å². The van der Waals surface area contributed by atoms with E-state index in [1.54, 1.807) is 0 Å². The third kappa shape index (κ3) is 3.53. The van der Waals surface area contributed by atoms with Gasteiger partial charge < -0.3 is 15.7 Å². The van der Waals surface area contributed by atoms with Crippen LogP contribution < -0.4 is 10.6 Å². The van der Waals surface area contributed by atoms with Gasteiger partial charge in [-0.15, -0.1) is 0 Å². The van der Waals surface area contributed by atoms with Crippen LogP contribution in [0.15, 0.2) is 12.1 Å². The van der Waals surface area contributed by atoms with E-state index in [-0.39, 0.29) is 24.2 Å². The minimum Gasteiger partial charge on any atom is -0.396 e. The predicted octanol–water partition coefficient (Wildman–Crippen LogP) is 2.28. The summed E-state index contributed by atoms with van der Waals surface area (Å²) >= 11 is 0. The van der Waals surface area contributed by atoms with Crippen LogP contribution in [0, 0.1) is 5.92 Å². The first-order valence-corrected chi connectivity index (χ1v) is 6.60. The van der Waals surface area contributed by atoms with Gasteiger partial charge in [-0.1, -0.05) is 0 Å². The zero-order chi connectivity index (χ0) is 14.8. The molecule has 1 aromatic rings. The fourth-order valence-electron chi connectivity index (χ4n) is 2.55. The van der Waals surface area contributed by atoms with Crippen molar-refractivity contribution < 1.29 is 18.3 Å². The van der Waals surface area contributed by atoms with E-state index in [0.29, 0.717) is 19.5 Å². The Hall–Kier alpha value is -1.50. The van der Waals surface area contributed by atoms with Crippen molar-refractivity contribution in [2.45, 2.75) is 25.4 Å². The summed E-state index contributed by atoms with van der Waals surface area (Å²) in [6.45, 7) is 1.36. The van der Waals surface area contributed by atoms with Crippen molar-refractivity contribution in [2.75, 3.05) is 30.3 Å². The maximum absolute atomic E-state index is 12.8. The third-order valence-electron chi connectivity index (χ3n) is 3.54. The molecular formula is C13H18F3N3O. The molecule has 0 aromatic carbocycles. The van der Waals surface area contributed by atoms with E-state index in [1.807, 2.05) is 4.90 Å². The van der Waals surface area contributed by atoms with E-state index in [0.717, 1.165) is 25.0 Å². The van der Waals surface area contributed by atoms with Crippen molar-refractivity contribution in [3.8, 4) is 0 Å². The lowest BCUT2D eigenvalue weighted by atomic mass is 9.95. The smallest absolute Gasteiger partial charge is 0.396 e. The lowest BCUT2D eigenvalue weighted by Gasteiger charge is -2.33. The van der Waals surface area contributed by atoms with Crippen LogP contribution in [0.3, 0.4) is 0 Å². The fourth-order valence-corrected chi connectivity index (χ4v) is 2.55. The lowest BCUT2D eigenvalue weighted by molar-refractivity contribution is -0.137. The van der Waals surface area contributed by atoms with Gasteiger partial charge in [0.25, 0.3) is 0 Å². The van der Waals surface area contributed by atoms with Gasteiger partial charge in [-0.05, 0) is 37.3 Å². The van der Waals surface area contributed by atoms with Gasteiger partial charge in [0.1, 0.15) is 11.6 Å². The lowest BCUT2D eigenvalue weighted by Crippen LogP contribution is -2.36. The molecule has 1 aliphatic rings. The van der Waals surface area contributed by atoms with Gasteiger partial charge in [-0.3, -0.25) is 0 Å². The molecule has 1 aliphatic heterocycles. The summed E-state index contributed by atoms with van der Waals surface area (Å²) < 4.78 is 38.3. The van der Waals surface area contributed by atoms with Crippen LogP contribution in [-0.2, 0) is 6.18 Å². The number of hydrogen-bond donors (Lipinski definition) is 2. The van der Waals surface area contributed by atoms with Gasteiger partial charge in [0, 0.05) is 19.7 Å². The van der Waals surface area contributed by atoms with Gasteiger partial charge in [-0.2, -0.15) is 13.2 Å². The van der Waals surface area contributed by atoms with E-state index in [4.69, 9.17) is 10.8 Å². The zero-order valence-corrected chi connectivity index (χ0v) is 11.0. The molecule has 20 heavy (non-hydrogen) atoms. The van der Waals surface area contributed by atoms with Crippen LogP contribution in [0.25, 0.3) is 0 Å². The summed E-state index contributed by atoms with van der Waals surface area (Å²) in [5.41, 5.74) is 4.70. The summed E-state index contributed by atoms with van der Waals surface area (Å²) in [6.07, 6.45) is -1.91. The largest absolute Gasteiger partial charge is 0.416 e. The van der Waals surface area contributed by atoms with Gasteiger partial charge in [0.15, 0.2) is 0 Å². The molecule has 0 bridgehead atoms. The average Bonchev–Trinajstić information content (AvgIpc) is 2.38. The van der Waals surface area contributed by atoms with Gasteiger partial charge in [0.05, 0.1) is 5.56 Å².